The summed E-state index contributed by atoms with van der Waals surface area (Å²) in [6, 6.07) is 8.44. The van der Waals surface area contributed by atoms with E-state index in [4.69, 9.17) is 10.5 Å². The molecule has 128 valence electrons. The predicted octanol–water partition coefficient (Wildman–Crippen LogP) is 2.59. The van der Waals surface area contributed by atoms with Crippen LogP contribution in [0.25, 0.3) is 0 Å². The lowest BCUT2D eigenvalue weighted by atomic mass is 10.1. The highest BCUT2D eigenvalue weighted by Gasteiger charge is 2.24. The molecule has 1 aliphatic rings. The summed E-state index contributed by atoms with van der Waals surface area (Å²) in [5, 5.41) is 0. The number of rotatable bonds is 3. The summed E-state index contributed by atoms with van der Waals surface area (Å²) in [7, 11) is 0. The first kappa shape index (κ1) is 17.8. The van der Waals surface area contributed by atoms with Gasteiger partial charge >= 0.3 is 6.09 Å². The van der Waals surface area contributed by atoms with Crippen LogP contribution in [-0.2, 0) is 17.8 Å². The number of ether oxygens (including phenoxy) is 1. The summed E-state index contributed by atoms with van der Waals surface area (Å²) in [6.07, 6.45) is 0.770. The summed E-state index contributed by atoms with van der Waals surface area (Å²) < 4.78 is 5.47. The summed E-state index contributed by atoms with van der Waals surface area (Å²) in [5.74, 6) is 0. The van der Waals surface area contributed by atoms with Crippen molar-refractivity contribution in [3.8, 4) is 0 Å². The normalized spacial score (nSPS) is 17.0. The molecule has 23 heavy (non-hydrogen) atoms. The molecular weight excluding hydrogens is 290 g/mol. The van der Waals surface area contributed by atoms with Gasteiger partial charge in [-0.1, -0.05) is 24.3 Å². The highest BCUT2D eigenvalue weighted by molar-refractivity contribution is 5.68. The number of nitrogens with zero attached hydrogens (tertiary/aromatic N) is 2. The minimum absolute atomic E-state index is 0.202. The van der Waals surface area contributed by atoms with E-state index in [1.54, 1.807) is 0 Å². The molecule has 5 nitrogen and oxygen atoms in total. The van der Waals surface area contributed by atoms with Crippen molar-refractivity contribution in [2.45, 2.75) is 45.9 Å². The highest BCUT2D eigenvalue weighted by Crippen LogP contribution is 2.14. The van der Waals surface area contributed by atoms with Gasteiger partial charge in [0.15, 0.2) is 0 Å². The number of amides is 1. The SMILES string of the molecule is CC(C)(C)OC(=O)N1CCCN(Cc2ccc(CN)cc2)CC1. The molecular formula is C18H29N3O2. The van der Waals surface area contributed by atoms with E-state index in [9.17, 15) is 4.79 Å². The highest BCUT2D eigenvalue weighted by atomic mass is 16.6. The Balaban J connectivity index is 1.86. The van der Waals surface area contributed by atoms with E-state index in [0.717, 1.165) is 44.7 Å². The zero-order chi connectivity index (χ0) is 16.9. The molecule has 0 aliphatic carbocycles. The molecule has 0 atom stereocenters. The average molecular weight is 319 g/mol. The maximum atomic E-state index is 12.2. The topological polar surface area (TPSA) is 58.8 Å². The monoisotopic (exact) mass is 319 g/mol. The van der Waals surface area contributed by atoms with Crippen molar-refractivity contribution in [1.29, 1.82) is 0 Å². The van der Waals surface area contributed by atoms with E-state index in [-0.39, 0.29) is 6.09 Å². The first-order chi connectivity index (χ1) is 10.9. The van der Waals surface area contributed by atoms with Gasteiger partial charge in [0.05, 0.1) is 0 Å². The Bertz CT molecular complexity index is 508. The second-order valence-corrected chi connectivity index (χ2v) is 7.12. The van der Waals surface area contributed by atoms with Gasteiger partial charge in [0, 0.05) is 39.3 Å². The molecule has 1 amide bonds. The van der Waals surface area contributed by atoms with Crippen molar-refractivity contribution >= 4 is 6.09 Å². The first-order valence-corrected chi connectivity index (χ1v) is 8.35. The molecule has 0 aromatic heterocycles. The zero-order valence-electron chi connectivity index (χ0n) is 14.5. The third kappa shape index (κ3) is 5.84. The number of hydrogen-bond donors (Lipinski definition) is 1. The summed E-state index contributed by atoms with van der Waals surface area (Å²) in [4.78, 5) is 16.4. The van der Waals surface area contributed by atoms with Crippen LogP contribution in [-0.4, -0.2) is 47.7 Å². The molecule has 1 aliphatic heterocycles. The van der Waals surface area contributed by atoms with Crippen LogP contribution in [0.4, 0.5) is 4.79 Å². The third-order valence-corrected chi connectivity index (χ3v) is 3.91. The van der Waals surface area contributed by atoms with Crippen LogP contribution < -0.4 is 5.73 Å². The molecule has 1 fully saturated rings. The maximum absolute atomic E-state index is 12.2. The molecule has 2 rings (SSSR count). The maximum Gasteiger partial charge on any atom is 0.410 e. The van der Waals surface area contributed by atoms with Crippen molar-refractivity contribution in [2.75, 3.05) is 26.2 Å². The molecule has 1 saturated heterocycles. The van der Waals surface area contributed by atoms with Crippen LogP contribution >= 0.6 is 0 Å². The van der Waals surface area contributed by atoms with Crippen LogP contribution in [0, 0.1) is 0 Å². The van der Waals surface area contributed by atoms with Gasteiger partial charge in [-0.05, 0) is 38.3 Å². The molecule has 0 spiro atoms. The van der Waals surface area contributed by atoms with E-state index >= 15 is 0 Å². The van der Waals surface area contributed by atoms with E-state index in [0.29, 0.717) is 6.54 Å². The molecule has 5 heteroatoms. The van der Waals surface area contributed by atoms with Gasteiger partial charge in [-0.15, -0.1) is 0 Å². The van der Waals surface area contributed by atoms with Crippen molar-refractivity contribution in [3.05, 3.63) is 35.4 Å². The Kier molecular flexibility index (Phi) is 6.02. The van der Waals surface area contributed by atoms with E-state index < -0.39 is 5.60 Å². The fourth-order valence-electron chi connectivity index (χ4n) is 2.68. The van der Waals surface area contributed by atoms with Gasteiger partial charge in [-0.3, -0.25) is 4.90 Å². The number of benzene rings is 1. The second-order valence-electron chi connectivity index (χ2n) is 7.12. The van der Waals surface area contributed by atoms with E-state index in [1.165, 1.54) is 5.56 Å². The molecule has 1 aromatic carbocycles. The molecule has 2 N–H and O–H groups in total. The number of hydrogen-bond acceptors (Lipinski definition) is 4. The lowest BCUT2D eigenvalue weighted by molar-refractivity contribution is 0.0257. The summed E-state index contributed by atoms with van der Waals surface area (Å²) >= 11 is 0. The van der Waals surface area contributed by atoms with Crippen molar-refractivity contribution in [2.24, 2.45) is 5.73 Å². The van der Waals surface area contributed by atoms with Gasteiger partial charge in [0.2, 0.25) is 0 Å². The Morgan fingerprint density at radius 3 is 2.35 bits per heavy atom. The third-order valence-electron chi connectivity index (χ3n) is 3.91. The Morgan fingerprint density at radius 2 is 1.74 bits per heavy atom. The van der Waals surface area contributed by atoms with E-state index in [1.807, 2.05) is 25.7 Å². The Labute approximate surface area is 139 Å². The first-order valence-electron chi connectivity index (χ1n) is 8.35. The standard InChI is InChI=1S/C18H29N3O2/c1-18(2,3)23-17(22)21-10-4-9-20(11-12-21)14-16-7-5-15(13-19)6-8-16/h5-8H,4,9-14,19H2,1-3H3. The summed E-state index contributed by atoms with van der Waals surface area (Å²) in [6.45, 7) is 10.5. The van der Waals surface area contributed by atoms with Crippen molar-refractivity contribution in [3.63, 3.8) is 0 Å². The molecule has 0 unspecified atom stereocenters. The van der Waals surface area contributed by atoms with Crippen molar-refractivity contribution in [1.82, 2.24) is 9.80 Å². The fraction of sp³-hybridized carbons (Fsp3) is 0.611. The average Bonchev–Trinajstić information content (AvgIpc) is 2.72. The van der Waals surface area contributed by atoms with Crippen LogP contribution in [0.15, 0.2) is 24.3 Å². The molecule has 1 aromatic rings. The minimum Gasteiger partial charge on any atom is -0.444 e. The minimum atomic E-state index is -0.437. The van der Waals surface area contributed by atoms with Gasteiger partial charge in [0.25, 0.3) is 0 Å². The van der Waals surface area contributed by atoms with Gasteiger partial charge < -0.3 is 15.4 Å². The zero-order valence-corrected chi connectivity index (χ0v) is 14.5. The van der Waals surface area contributed by atoms with Crippen LogP contribution in [0.2, 0.25) is 0 Å². The lowest BCUT2D eigenvalue weighted by Gasteiger charge is -2.26. The Morgan fingerprint density at radius 1 is 1.09 bits per heavy atom. The van der Waals surface area contributed by atoms with Crippen LogP contribution in [0.3, 0.4) is 0 Å². The summed E-state index contributed by atoms with van der Waals surface area (Å²) in [5.41, 5.74) is 7.63. The van der Waals surface area contributed by atoms with Gasteiger partial charge in [-0.2, -0.15) is 0 Å². The van der Waals surface area contributed by atoms with E-state index in [2.05, 4.69) is 29.2 Å². The number of nitrogens with two attached hydrogens (primary N) is 1. The molecule has 0 radical (unpaired) electrons. The number of carbonyl (C=O) groups excluding carboxylic acids is 1. The second kappa shape index (κ2) is 7.79. The van der Waals surface area contributed by atoms with Crippen LogP contribution in [0.5, 0.6) is 0 Å². The van der Waals surface area contributed by atoms with Gasteiger partial charge in [0.1, 0.15) is 5.60 Å². The largest absolute Gasteiger partial charge is 0.444 e. The molecule has 0 saturated carbocycles. The smallest absolute Gasteiger partial charge is 0.410 e. The quantitative estimate of drug-likeness (QED) is 0.930. The Hall–Kier alpha value is -1.59. The van der Waals surface area contributed by atoms with Crippen molar-refractivity contribution < 1.29 is 9.53 Å². The fourth-order valence-corrected chi connectivity index (χ4v) is 2.68. The molecule has 0 bridgehead atoms. The lowest BCUT2D eigenvalue weighted by Crippen LogP contribution is -2.39. The van der Waals surface area contributed by atoms with Crippen LogP contribution in [0.1, 0.15) is 38.3 Å². The molecule has 1 heterocycles. The van der Waals surface area contributed by atoms with Gasteiger partial charge in [-0.25, -0.2) is 4.79 Å². The number of carbonyl (C=O) groups is 1. The predicted molar refractivity (Wildman–Crippen MR) is 92.0 cm³/mol.